The van der Waals surface area contributed by atoms with Crippen molar-refractivity contribution in [3.05, 3.63) is 54.7 Å². The Morgan fingerprint density at radius 1 is 1.20 bits per heavy atom. The van der Waals surface area contributed by atoms with Crippen LogP contribution in [0, 0.1) is 0 Å². The van der Waals surface area contributed by atoms with Crippen molar-refractivity contribution in [2.24, 2.45) is 0 Å². The van der Waals surface area contributed by atoms with E-state index in [9.17, 15) is 0 Å². The van der Waals surface area contributed by atoms with Gasteiger partial charge in [0.1, 0.15) is 17.4 Å². The fraction of sp³-hybridized carbons (Fsp3) is 0.250. The first-order valence-electron chi connectivity index (χ1n) is 6.68. The molecule has 1 aromatic carbocycles. The van der Waals surface area contributed by atoms with Gasteiger partial charge in [0.25, 0.3) is 0 Å². The average molecular weight is 271 g/mol. The third kappa shape index (κ3) is 2.56. The number of rotatable bonds is 6. The highest BCUT2D eigenvalue weighted by Gasteiger charge is 2.16. The lowest BCUT2D eigenvalue weighted by atomic mass is 10.1. The van der Waals surface area contributed by atoms with E-state index in [1.807, 2.05) is 37.4 Å². The second-order valence-electron chi connectivity index (χ2n) is 4.64. The number of ether oxygens (including phenoxy) is 1. The molecule has 20 heavy (non-hydrogen) atoms. The van der Waals surface area contributed by atoms with Crippen LogP contribution in [0.3, 0.4) is 0 Å². The van der Waals surface area contributed by atoms with Crippen molar-refractivity contribution in [3.8, 4) is 5.75 Å². The predicted octanol–water partition coefficient (Wildman–Crippen LogP) is 3.76. The quantitative estimate of drug-likeness (QED) is 0.741. The fourth-order valence-corrected chi connectivity index (χ4v) is 2.25. The van der Waals surface area contributed by atoms with Gasteiger partial charge in [0.05, 0.1) is 24.2 Å². The van der Waals surface area contributed by atoms with Gasteiger partial charge in [-0.05, 0) is 37.9 Å². The third-order valence-corrected chi connectivity index (χ3v) is 3.30. The molecule has 104 valence electrons. The van der Waals surface area contributed by atoms with Crippen molar-refractivity contribution < 1.29 is 13.6 Å². The molecule has 0 amide bonds. The second-order valence-corrected chi connectivity index (χ2v) is 4.64. The van der Waals surface area contributed by atoms with E-state index in [-0.39, 0.29) is 6.10 Å². The molecule has 0 bridgehead atoms. The van der Waals surface area contributed by atoms with Gasteiger partial charge in [0, 0.05) is 12.0 Å². The van der Waals surface area contributed by atoms with Gasteiger partial charge in [-0.25, -0.2) is 0 Å². The number of hydrogen-bond donors (Lipinski definition) is 1. The Morgan fingerprint density at radius 2 is 2.15 bits per heavy atom. The Morgan fingerprint density at radius 3 is 2.95 bits per heavy atom. The molecule has 0 aliphatic rings. The van der Waals surface area contributed by atoms with E-state index in [4.69, 9.17) is 13.6 Å². The summed E-state index contributed by atoms with van der Waals surface area (Å²) in [5.74, 6) is 0.832. The molecule has 4 nitrogen and oxygen atoms in total. The summed E-state index contributed by atoms with van der Waals surface area (Å²) in [6, 6.07) is 9.70. The smallest absolute Gasteiger partial charge is 0.137 e. The van der Waals surface area contributed by atoms with Crippen molar-refractivity contribution in [3.63, 3.8) is 0 Å². The average Bonchev–Trinajstić information content (AvgIpc) is 3.14. The molecule has 0 saturated heterocycles. The molecule has 0 fully saturated rings. The van der Waals surface area contributed by atoms with Crippen molar-refractivity contribution in [2.75, 3.05) is 13.6 Å². The molecule has 0 aliphatic heterocycles. The molecule has 1 atom stereocenters. The molecule has 0 unspecified atom stereocenters. The standard InChI is InChI=1S/C16H17NO3/c1-17-8-5-14(12-6-9-18-11-12)20-16-4-2-3-15-13(16)7-10-19-15/h2-4,6-7,9-11,14,17H,5,8H2,1H3/t14-/m0/s1. The number of fused-ring (bicyclic) bond motifs is 1. The van der Waals surface area contributed by atoms with Gasteiger partial charge in [0.2, 0.25) is 0 Å². The van der Waals surface area contributed by atoms with Crippen LogP contribution in [0.15, 0.2) is 58.0 Å². The van der Waals surface area contributed by atoms with Gasteiger partial charge in [-0.15, -0.1) is 0 Å². The lowest BCUT2D eigenvalue weighted by molar-refractivity contribution is 0.196. The predicted molar refractivity (Wildman–Crippen MR) is 76.8 cm³/mol. The molecule has 3 rings (SSSR count). The molecule has 0 radical (unpaired) electrons. The van der Waals surface area contributed by atoms with Crippen LogP contribution in [-0.2, 0) is 0 Å². The molecular formula is C16H17NO3. The molecule has 2 heterocycles. The second kappa shape index (κ2) is 5.84. The third-order valence-electron chi connectivity index (χ3n) is 3.30. The Balaban J connectivity index is 1.87. The molecule has 3 aromatic rings. The van der Waals surface area contributed by atoms with Crippen LogP contribution in [-0.4, -0.2) is 13.6 Å². The molecular weight excluding hydrogens is 254 g/mol. The summed E-state index contributed by atoms with van der Waals surface area (Å²) >= 11 is 0. The van der Waals surface area contributed by atoms with Crippen molar-refractivity contribution in [2.45, 2.75) is 12.5 Å². The van der Waals surface area contributed by atoms with E-state index < -0.39 is 0 Å². The van der Waals surface area contributed by atoms with Crippen molar-refractivity contribution in [1.29, 1.82) is 0 Å². The van der Waals surface area contributed by atoms with E-state index in [0.717, 1.165) is 35.2 Å². The van der Waals surface area contributed by atoms with E-state index >= 15 is 0 Å². The molecule has 0 saturated carbocycles. The number of hydrogen-bond acceptors (Lipinski definition) is 4. The summed E-state index contributed by atoms with van der Waals surface area (Å²) in [6.07, 6.45) is 5.91. The van der Waals surface area contributed by atoms with Crippen LogP contribution < -0.4 is 10.1 Å². The maximum absolute atomic E-state index is 6.17. The summed E-state index contributed by atoms with van der Waals surface area (Å²) in [5.41, 5.74) is 1.88. The van der Waals surface area contributed by atoms with Gasteiger partial charge in [-0.1, -0.05) is 6.07 Å². The first-order chi connectivity index (χ1) is 9.88. The zero-order valence-corrected chi connectivity index (χ0v) is 11.3. The summed E-state index contributed by atoms with van der Waals surface area (Å²) in [7, 11) is 1.93. The molecule has 1 N–H and O–H groups in total. The minimum atomic E-state index is -0.0401. The highest BCUT2D eigenvalue weighted by atomic mass is 16.5. The van der Waals surface area contributed by atoms with Gasteiger partial charge in [-0.2, -0.15) is 0 Å². The van der Waals surface area contributed by atoms with E-state index in [1.165, 1.54) is 0 Å². The van der Waals surface area contributed by atoms with Gasteiger partial charge in [-0.3, -0.25) is 0 Å². The number of nitrogens with one attached hydrogen (secondary N) is 1. The van der Waals surface area contributed by atoms with Crippen LogP contribution >= 0.6 is 0 Å². The SMILES string of the molecule is CNCC[C@H](Oc1cccc2occc12)c1ccoc1. The summed E-state index contributed by atoms with van der Waals surface area (Å²) < 4.78 is 16.7. The minimum absolute atomic E-state index is 0.0401. The van der Waals surface area contributed by atoms with Gasteiger partial charge in [0.15, 0.2) is 0 Å². The monoisotopic (exact) mass is 271 g/mol. The largest absolute Gasteiger partial charge is 0.485 e. The topological polar surface area (TPSA) is 47.5 Å². The van der Waals surface area contributed by atoms with Crippen LogP contribution in [0.2, 0.25) is 0 Å². The lowest BCUT2D eigenvalue weighted by Gasteiger charge is -2.18. The molecule has 4 heteroatoms. The zero-order chi connectivity index (χ0) is 13.8. The summed E-state index contributed by atoms with van der Waals surface area (Å²) in [5, 5.41) is 4.14. The zero-order valence-electron chi connectivity index (χ0n) is 11.3. The Labute approximate surface area is 117 Å². The molecule has 2 aromatic heterocycles. The minimum Gasteiger partial charge on any atom is -0.485 e. The summed E-state index contributed by atoms with van der Waals surface area (Å²) in [6.45, 7) is 0.872. The van der Waals surface area contributed by atoms with E-state index in [1.54, 1.807) is 18.8 Å². The molecule has 0 aliphatic carbocycles. The highest BCUT2D eigenvalue weighted by molar-refractivity contribution is 5.83. The van der Waals surface area contributed by atoms with E-state index in [2.05, 4.69) is 5.32 Å². The Kier molecular flexibility index (Phi) is 3.74. The van der Waals surface area contributed by atoms with Crippen LogP contribution in [0.1, 0.15) is 18.1 Å². The van der Waals surface area contributed by atoms with Crippen molar-refractivity contribution in [1.82, 2.24) is 5.32 Å². The first-order valence-corrected chi connectivity index (χ1v) is 6.68. The maximum Gasteiger partial charge on any atom is 0.137 e. The number of furan rings is 2. The summed E-state index contributed by atoms with van der Waals surface area (Å²) in [4.78, 5) is 0. The van der Waals surface area contributed by atoms with Crippen LogP contribution in [0.5, 0.6) is 5.75 Å². The Hall–Kier alpha value is -2.20. The fourth-order valence-electron chi connectivity index (χ4n) is 2.25. The van der Waals surface area contributed by atoms with Crippen LogP contribution in [0.4, 0.5) is 0 Å². The van der Waals surface area contributed by atoms with Gasteiger partial charge < -0.3 is 18.9 Å². The van der Waals surface area contributed by atoms with Crippen LogP contribution in [0.25, 0.3) is 11.0 Å². The molecule has 0 spiro atoms. The highest BCUT2D eigenvalue weighted by Crippen LogP contribution is 2.31. The number of benzene rings is 1. The van der Waals surface area contributed by atoms with E-state index in [0.29, 0.717) is 0 Å². The van der Waals surface area contributed by atoms with Crippen molar-refractivity contribution >= 4 is 11.0 Å². The maximum atomic E-state index is 6.17. The first kappa shape index (κ1) is 12.8. The normalized spacial score (nSPS) is 12.7. The van der Waals surface area contributed by atoms with Gasteiger partial charge >= 0.3 is 0 Å². The lowest BCUT2D eigenvalue weighted by Crippen LogP contribution is -2.15. The Bertz CT molecular complexity index is 657.